The number of hydrogen-bond acceptors (Lipinski definition) is 5. The van der Waals surface area contributed by atoms with Gasteiger partial charge in [-0.3, -0.25) is 9.05 Å². The van der Waals surface area contributed by atoms with Crippen molar-refractivity contribution < 1.29 is 61.5 Å². The van der Waals surface area contributed by atoms with Gasteiger partial charge in [0.1, 0.15) is 0 Å². The average molecular weight is 463 g/mol. The van der Waals surface area contributed by atoms with Crippen LogP contribution in [0.25, 0.3) is 0 Å². The standard InChI is InChI=1S/C10H15F9NO5PS/c1-4-20(26(21,24-5-2)25-6-3)27(22,23)10(18,19)8(13,14)7(11,12)9(15,16)17/h4-6H2,1-3H3. The van der Waals surface area contributed by atoms with E-state index in [1.807, 2.05) is 0 Å². The van der Waals surface area contributed by atoms with Gasteiger partial charge in [-0.15, -0.1) is 0 Å². The van der Waals surface area contributed by atoms with Crippen LogP contribution in [0.4, 0.5) is 39.5 Å². The van der Waals surface area contributed by atoms with E-state index in [1.54, 1.807) is 0 Å². The molecule has 0 aromatic rings. The van der Waals surface area contributed by atoms with Gasteiger partial charge in [0.15, 0.2) is 0 Å². The first-order valence-corrected chi connectivity index (χ1v) is 9.87. The smallest absolute Gasteiger partial charge is 0.296 e. The molecule has 0 N–H and O–H groups in total. The Labute approximate surface area is 148 Å². The van der Waals surface area contributed by atoms with E-state index in [1.165, 1.54) is 0 Å². The summed E-state index contributed by atoms with van der Waals surface area (Å²) in [6.45, 7) is 0.141. The maximum absolute atomic E-state index is 13.9. The Bertz CT molecular complexity index is 656. The summed E-state index contributed by atoms with van der Waals surface area (Å²) in [6.07, 6.45) is -7.21. The quantitative estimate of drug-likeness (QED) is 0.358. The average Bonchev–Trinajstić information content (AvgIpc) is 2.46. The molecule has 0 atom stereocenters. The van der Waals surface area contributed by atoms with Gasteiger partial charge >= 0.3 is 31.0 Å². The topological polar surface area (TPSA) is 72.9 Å². The Morgan fingerprint density at radius 1 is 0.815 bits per heavy atom. The number of nitrogens with zero attached hydrogens (tertiary/aromatic N) is 1. The number of hydrogen-bond donors (Lipinski definition) is 0. The summed E-state index contributed by atoms with van der Waals surface area (Å²) in [5.41, 5.74) is 0. The molecule has 0 aromatic heterocycles. The molecule has 27 heavy (non-hydrogen) atoms. The maximum Gasteiger partial charge on any atom is 0.460 e. The lowest BCUT2D eigenvalue weighted by Gasteiger charge is -2.36. The number of halogens is 9. The zero-order valence-electron chi connectivity index (χ0n) is 13.9. The highest BCUT2D eigenvalue weighted by Gasteiger charge is 2.86. The third-order valence-corrected chi connectivity index (χ3v) is 7.81. The summed E-state index contributed by atoms with van der Waals surface area (Å²) in [6, 6.07) is 0. The Kier molecular flexibility index (Phi) is 7.88. The van der Waals surface area contributed by atoms with Crippen LogP contribution in [0.15, 0.2) is 0 Å². The fourth-order valence-electron chi connectivity index (χ4n) is 1.62. The van der Waals surface area contributed by atoms with Crippen molar-refractivity contribution in [3.8, 4) is 0 Å². The molecule has 0 unspecified atom stereocenters. The molecule has 0 fully saturated rings. The second kappa shape index (κ2) is 8.05. The molecule has 0 amide bonds. The van der Waals surface area contributed by atoms with Crippen LogP contribution in [-0.2, 0) is 23.6 Å². The highest BCUT2D eigenvalue weighted by atomic mass is 32.2. The van der Waals surface area contributed by atoms with Crippen molar-refractivity contribution in [3.05, 3.63) is 0 Å². The lowest BCUT2D eigenvalue weighted by Crippen LogP contribution is -2.65. The molecule has 164 valence electrons. The van der Waals surface area contributed by atoms with Crippen LogP contribution in [0.2, 0.25) is 0 Å². The second-order valence-corrected chi connectivity index (χ2v) is 8.72. The van der Waals surface area contributed by atoms with E-state index in [4.69, 9.17) is 0 Å². The number of rotatable bonds is 10. The summed E-state index contributed by atoms with van der Waals surface area (Å²) >= 11 is 0. The summed E-state index contributed by atoms with van der Waals surface area (Å²) in [5.74, 6) is -14.9. The van der Waals surface area contributed by atoms with Crippen LogP contribution < -0.4 is 0 Å². The predicted molar refractivity (Wildman–Crippen MR) is 73.1 cm³/mol. The molecule has 0 aliphatic carbocycles. The second-order valence-electron chi connectivity index (χ2n) is 4.61. The van der Waals surface area contributed by atoms with Crippen molar-refractivity contribution in [1.29, 1.82) is 0 Å². The van der Waals surface area contributed by atoms with Crippen LogP contribution in [0.1, 0.15) is 20.8 Å². The first-order chi connectivity index (χ1) is 11.8. The third kappa shape index (κ3) is 4.23. The molecule has 0 spiro atoms. The maximum atomic E-state index is 13.9. The zero-order valence-corrected chi connectivity index (χ0v) is 15.6. The lowest BCUT2D eigenvalue weighted by molar-refractivity contribution is -0.382. The van der Waals surface area contributed by atoms with Crippen molar-refractivity contribution in [2.75, 3.05) is 19.8 Å². The molecule has 0 heterocycles. The highest BCUT2D eigenvalue weighted by molar-refractivity contribution is 7.95. The first-order valence-electron chi connectivity index (χ1n) is 6.93. The van der Waals surface area contributed by atoms with Gasteiger partial charge in [-0.2, -0.15) is 39.5 Å². The van der Waals surface area contributed by atoms with Gasteiger partial charge in [0.05, 0.1) is 13.2 Å². The molecular weight excluding hydrogens is 448 g/mol. The van der Waals surface area contributed by atoms with Crippen LogP contribution in [-0.4, -0.2) is 55.5 Å². The summed E-state index contributed by atoms with van der Waals surface area (Å²) in [4.78, 5) is 0. The fraction of sp³-hybridized carbons (Fsp3) is 1.00. The molecule has 0 rings (SSSR count). The lowest BCUT2D eigenvalue weighted by atomic mass is 10.1. The van der Waals surface area contributed by atoms with Gasteiger partial charge in [0.25, 0.3) is 10.0 Å². The molecule has 0 saturated carbocycles. The van der Waals surface area contributed by atoms with Crippen LogP contribution in [0, 0.1) is 0 Å². The Morgan fingerprint density at radius 2 is 1.19 bits per heavy atom. The minimum Gasteiger partial charge on any atom is -0.296 e. The fourth-order valence-corrected chi connectivity index (χ4v) is 5.65. The van der Waals surface area contributed by atoms with E-state index in [-0.39, 0.29) is 0 Å². The van der Waals surface area contributed by atoms with Crippen molar-refractivity contribution in [3.63, 3.8) is 0 Å². The van der Waals surface area contributed by atoms with Crippen LogP contribution >= 0.6 is 7.75 Å². The number of sulfonamides is 1. The Morgan fingerprint density at radius 3 is 1.44 bits per heavy atom. The molecule has 0 saturated heterocycles. The highest BCUT2D eigenvalue weighted by Crippen LogP contribution is 2.60. The molecule has 0 aromatic carbocycles. The third-order valence-electron chi connectivity index (χ3n) is 2.85. The minimum absolute atomic E-state index is 0.663. The van der Waals surface area contributed by atoms with E-state index in [0.717, 1.165) is 13.8 Å². The van der Waals surface area contributed by atoms with Gasteiger partial charge < -0.3 is 0 Å². The van der Waals surface area contributed by atoms with Gasteiger partial charge in [0, 0.05) is 6.54 Å². The van der Waals surface area contributed by atoms with Crippen LogP contribution in [0.3, 0.4) is 0 Å². The van der Waals surface area contributed by atoms with E-state index in [0.29, 0.717) is 6.92 Å². The van der Waals surface area contributed by atoms with E-state index >= 15 is 0 Å². The molecular formula is C10H15F9NO5PS. The van der Waals surface area contributed by atoms with Crippen molar-refractivity contribution in [1.82, 2.24) is 4.08 Å². The zero-order chi connectivity index (χ0) is 22.1. The van der Waals surface area contributed by atoms with Gasteiger partial charge in [-0.05, 0) is 13.8 Å². The van der Waals surface area contributed by atoms with E-state index in [9.17, 15) is 52.5 Å². The molecule has 0 aliphatic heterocycles. The summed E-state index contributed by atoms with van der Waals surface area (Å²) in [7, 11) is -12.4. The van der Waals surface area contributed by atoms with Crippen molar-refractivity contribution in [2.45, 2.75) is 44.0 Å². The Hall–Kier alpha value is -0.570. The van der Waals surface area contributed by atoms with Crippen molar-refractivity contribution in [2.24, 2.45) is 0 Å². The molecule has 0 aliphatic rings. The normalized spacial score (nSPS) is 15.4. The van der Waals surface area contributed by atoms with E-state index in [2.05, 4.69) is 9.05 Å². The van der Waals surface area contributed by atoms with Gasteiger partial charge in [-0.25, -0.2) is 13.0 Å². The largest absolute Gasteiger partial charge is 0.460 e. The van der Waals surface area contributed by atoms with E-state index < -0.39 is 64.9 Å². The molecule has 17 heteroatoms. The van der Waals surface area contributed by atoms with Gasteiger partial charge in [-0.1, -0.05) is 11.0 Å². The molecule has 6 nitrogen and oxygen atoms in total. The van der Waals surface area contributed by atoms with Gasteiger partial charge in [0.2, 0.25) is 0 Å². The minimum atomic E-state index is -7.45. The SMILES string of the molecule is CCOP(=O)(OCC)N(CC)S(=O)(=O)C(F)(F)C(F)(F)C(F)(F)C(F)(F)F. The monoisotopic (exact) mass is 463 g/mol. The van der Waals surface area contributed by atoms with Crippen molar-refractivity contribution >= 4 is 17.8 Å². The first kappa shape index (κ1) is 26.4. The van der Waals surface area contributed by atoms with Crippen LogP contribution in [0.5, 0.6) is 0 Å². The summed E-state index contributed by atoms with van der Waals surface area (Å²) in [5, 5.41) is -7.03. The number of alkyl halides is 9. The summed E-state index contributed by atoms with van der Waals surface area (Å²) < 4.78 is 161. The predicted octanol–water partition coefficient (Wildman–Crippen LogP) is 4.24. The Balaban J connectivity index is 6.57. The molecule has 0 radical (unpaired) electrons. The molecule has 0 bridgehead atoms.